The number of carbonyl (C=O) groups is 1. The first-order valence-electron chi connectivity index (χ1n) is 5.46. The van der Waals surface area contributed by atoms with Gasteiger partial charge in [-0.05, 0) is 38.5 Å². The van der Waals surface area contributed by atoms with E-state index in [1.54, 1.807) is 6.92 Å². The third-order valence-corrected chi connectivity index (χ3v) is 4.49. The smallest absolute Gasteiger partial charge is 0.312 e. The Labute approximate surface area is 84.1 Å². The van der Waals surface area contributed by atoms with E-state index in [4.69, 9.17) is 0 Å². The molecule has 0 aliphatic heterocycles. The van der Waals surface area contributed by atoms with Crippen molar-refractivity contribution in [2.75, 3.05) is 0 Å². The Balaban J connectivity index is 2.40. The largest absolute Gasteiger partial charge is 0.481 e. The quantitative estimate of drug-likeness (QED) is 0.675. The zero-order chi connectivity index (χ0) is 10.4. The lowest BCUT2D eigenvalue weighted by molar-refractivity contribution is -0.197. The average molecular weight is 198 g/mol. The number of hydrogen-bond acceptors (Lipinski definition) is 2. The van der Waals surface area contributed by atoms with Gasteiger partial charge in [-0.25, -0.2) is 0 Å². The average Bonchev–Trinajstić information content (AvgIpc) is 2.00. The van der Waals surface area contributed by atoms with Crippen LogP contribution in [-0.2, 0) is 4.79 Å². The Hall–Kier alpha value is -0.570. The first-order valence-corrected chi connectivity index (χ1v) is 5.46. The molecule has 0 spiro atoms. The van der Waals surface area contributed by atoms with E-state index in [-0.39, 0.29) is 5.92 Å². The van der Waals surface area contributed by atoms with Gasteiger partial charge in [0.25, 0.3) is 0 Å². The van der Waals surface area contributed by atoms with E-state index >= 15 is 0 Å². The Morgan fingerprint density at radius 1 is 1.29 bits per heavy atom. The molecule has 2 saturated carbocycles. The summed E-state index contributed by atoms with van der Waals surface area (Å²) in [5.74, 6) is -0.604. The van der Waals surface area contributed by atoms with E-state index in [9.17, 15) is 15.0 Å². The van der Waals surface area contributed by atoms with Crippen LogP contribution in [0, 0.1) is 11.3 Å². The minimum absolute atomic E-state index is 0.195. The van der Waals surface area contributed by atoms with Gasteiger partial charge in [0.15, 0.2) is 0 Å². The maximum atomic E-state index is 11.3. The van der Waals surface area contributed by atoms with Crippen LogP contribution in [0.3, 0.4) is 0 Å². The van der Waals surface area contributed by atoms with Crippen LogP contribution in [0.15, 0.2) is 0 Å². The van der Waals surface area contributed by atoms with E-state index < -0.39 is 17.0 Å². The van der Waals surface area contributed by atoms with Crippen molar-refractivity contribution in [2.24, 2.45) is 11.3 Å². The number of hydrogen-bond donors (Lipinski definition) is 2. The van der Waals surface area contributed by atoms with Crippen LogP contribution in [0.5, 0.6) is 0 Å². The standard InChI is InChI=1S/C11H18O3/c1-10(14)8-4-2-6-11(10,9(12)13)7-3-5-8/h8,14H,2-7H2,1H3,(H,12,13). The molecular formula is C11H18O3. The van der Waals surface area contributed by atoms with E-state index in [1.165, 1.54) is 0 Å². The number of carboxylic acid groups (broad SMARTS) is 1. The molecule has 1 atom stereocenters. The Bertz CT molecular complexity index is 247. The summed E-state index contributed by atoms with van der Waals surface area (Å²) in [4.78, 5) is 11.3. The molecule has 2 aliphatic carbocycles. The summed E-state index contributed by atoms with van der Waals surface area (Å²) in [6, 6.07) is 0. The molecule has 0 aromatic heterocycles. The molecular weight excluding hydrogens is 180 g/mol. The monoisotopic (exact) mass is 198 g/mol. The van der Waals surface area contributed by atoms with E-state index in [0.29, 0.717) is 12.8 Å². The van der Waals surface area contributed by atoms with Gasteiger partial charge in [-0.15, -0.1) is 0 Å². The van der Waals surface area contributed by atoms with Crippen molar-refractivity contribution >= 4 is 5.97 Å². The van der Waals surface area contributed by atoms with Crippen LogP contribution < -0.4 is 0 Å². The van der Waals surface area contributed by atoms with Gasteiger partial charge in [-0.1, -0.05) is 12.8 Å². The molecule has 1 unspecified atom stereocenters. The van der Waals surface area contributed by atoms with E-state index in [2.05, 4.69) is 0 Å². The molecule has 2 aliphatic rings. The van der Waals surface area contributed by atoms with Crippen LogP contribution in [-0.4, -0.2) is 21.8 Å². The molecule has 0 radical (unpaired) electrons. The molecule has 0 saturated heterocycles. The molecule has 3 heteroatoms. The zero-order valence-electron chi connectivity index (χ0n) is 8.62. The maximum absolute atomic E-state index is 11.3. The first-order chi connectivity index (χ1) is 6.51. The van der Waals surface area contributed by atoms with Crippen molar-refractivity contribution in [1.29, 1.82) is 0 Å². The van der Waals surface area contributed by atoms with Crippen molar-refractivity contribution < 1.29 is 15.0 Å². The second-order valence-corrected chi connectivity index (χ2v) is 5.02. The molecule has 80 valence electrons. The Morgan fingerprint density at radius 3 is 2.14 bits per heavy atom. The highest BCUT2D eigenvalue weighted by Crippen LogP contribution is 2.55. The highest BCUT2D eigenvalue weighted by atomic mass is 16.4. The SMILES string of the molecule is CC1(O)C2CCCC1(C(=O)O)CCC2. The lowest BCUT2D eigenvalue weighted by Crippen LogP contribution is -2.60. The number of aliphatic carboxylic acids is 1. The van der Waals surface area contributed by atoms with Crippen molar-refractivity contribution in [2.45, 2.75) is 51.0 Å². The maximum Gasteiger partial charge on any atom is 0.312 e. The second-order valence-electron chi connectivity index (χ2n) is 5.02. The van der Waals surface area contributed by atoms with Crippen molar-refractivity contribution in [3.8, 4) is 0 Å². The van der Waals surface area contributed by atoms with Gasteiger partial charge in [0.1, 0.15) is 0 Å². The molecule has 2 N–H and O–H groups in total. The van der Waals surface area contributed by atoms with Gasteiger partial charge in [0.05, 0.1) is 11.0 Å². The summed E-state index contributed by atoms with van der Waals surface area (Å²) in [7, 11) is 0. The third kappa shape index (κ3) is 1.05. The summed E-state index contributed by atoms with van der Waals surface area (Å²) in [6.45, 7) is 1.73. The fourth-order valence-electron chi connectivity index (χ4n) is 3.46. The highest BCUT2D eigenvalue weighted by molar-refractivity contribution is 5.76. The Morgan fingerprint density at radius 2 is 1.79 bits per heavy atom. The van der Waals surface area contributed by atoms with Crippen LogP contribution in [0.1, 0.15) is 45.4 Å². The molecule has 0 heterocycles. The first kappa shape index (κ1) is 9.97. The van der Waals surface area contributed by atoms with Gasteiger partial charge in [-0.2, -0.15) is 0 Å². The highest BCUT2D eigenvalue weighted by Gasteiger charge is 2.60. The summed E-state index contributed by atoms with van der Waals surface area (Å²) in [6.07, 6.45) is 5.17. The lowest BCUT2D eigenvalue weighted by atomic mass is 9.53. The minimum Gasteiger partial charge on any atom is -0.481 e. The fourth-order valence-corrected chi connectivity index (χ4v) is 3.46. The van der Waals surface area contributed by atoms with Crippen LogP contribution in [0.4, 0.5) is 0 Å². The molecule has 14 heavy (non-hydrogen) atoms. The molecule has 3 nitrogen and oxygen atoms in total. The molecule has 0 amide bonds. The van der Waals surface area contributed by atoms with Gasteiger partial charge < -0.3 is 10.2 Å². The molecule has 2 fully saturated rings. The van der Waals surface area contributed by atoms with Crippen molar-refractivity contribution in [3.05, 3.63) is 0 Å². The molecule has 0 aromatic rings. The van der Waals surface area contributed by atoms with Crippen LogP contribution in [0.2, 0.25) is 0 Å². The van der Waals surface area contributed by atoms with E-state index in [1.807, 2.05) is 0 Å². The topological polar surface area (TPSA) is 57.5 Å². The summed E-state index contributed by atoms with van der Waals surface area (Å²) < 4.78 is 0. The summed E-state index contributed by atoms with van der Waals surface area (Å²) in [5, 5.41) is 19.7. The molecule has 0 aromatic carbocycles. The van der Waals surface area contributed by atoms with Gasteiger partial charge in [0, 0.05) is 0 Å². The predicted molar refractivity (Wildman–Crippen MR) is 51.9 cm³/mol. The normalized spacial score (nSPS) is 47.4. The van der Waals surface area contributed by atoms with Gasteiger partial charge in [-0.3, -0.25) is 4.79 Å². The number of fused-ring (bicyclic) bond motifs is 2. The number of aliphatic hydroxyl groups is 1. The fraction of sp³-hybridized carbons (Fsp3) is 0.909. The third-order valence-electron chi connectivity index (χ3n) is 4.49. The van der Waals surface area contributed by atoms with Crippen LogP contribution >= 0.6 is 0 Å². The minimum atomic E-state index is -0.991. The molecule has 2 bridgehead atoms. The van der Waals surface area contributed by atoms with Crippen molar-refractivity contribution in [1.82, 2.24) is 0 Å². The van der Waals surface area contributed by atoms with E-state index in [0.717, 1.165) is 25.7 Å². The summed E-state index contributed by atoms with van der Waals surface area (Å²) >= 11 is 0. The van der Waals surface area contributed by atoms with Crippen LogP contribution in [0.25, 0.3) is 0 Å². The summed E-state index contributed by atoms with van der Waals surface area (Å²) in [5.41, 5.74) is -1.84. The van der Waals surface area contributed by atoms with Gasteiger partial charge in [0.2, 0.25) is 0 Å². The molecule has 2 rings (SSSR count). The van der Waals surface area contributed by atoms with Crippen molar-refractivity contribution in [3.63, 3.8) is 0 Å². The predicted octanol–water partition coefficient (Wildman–Crippen LogP) is 1.79. The number of rotatable bonds is 1. The van der Waals surface area contributed by atoms with Gasteiger partial charge >= 0.3 is 5.97 Å². The second kappa shape index (κ2) is 2.96. The zero-order valence-corrected chi connectivity index (χ0v) is 8.62. The lowest BCUT2D eigenvalue weighted by Gasteiger charge is -2.53. The Kier molecular flexibility index (Phi) is 2.11. The number of carboxylic acids is 1.